The molecule has 1 atom stereocenters. The lowest BCUT2D eigenvalue weighted by Crippen LogP contribution is -2.28. The molecule has 2 aromatic heterocycles. The van der Waals surface area contributed by atoms with Gasteiger partial charge < -0.3 is 24.7 Å². The van der Waals surface area contributed by atoms with Gasteiger partial charge in [0.25, 0.3) is 5.91 Å². The maximum absolute atomic E-state index is 13.0. The van der Waals surface area contributed by atoms with E-state index < -0.39 is 12.1 Å². The van der Waals surface area contributed by atoms with Gasteiger partial charge in [-0.3, -0.25) is 4.79 Å². The lowest BCUT2D eigenvalue weighted by Gasteiger charge is -2.13. The van der Waals surface area contributed by atoms with Crippen LogP contribution in [-0.2, 0) is 27.2 Å². The molecule has 3 heterocycles. The van der Waals surface area contributed by atoms with E-state index in [9.17, 15) is 9.59 Å². The number of hydrogen-bond acceptors (Lipinski definition) is 6. The zero-order chi connectivity index (χ0) is 25.5. The highest BCUT2D eigenvalue weighted by atomic mass is 16.5. The largest absolute Gasteiger partial charge is 0.464 e. The van der Waals surface area contributed by atoms with Crippen molar-refractivity contribution in [2.45, 2.75) is 45.8 Å². The lowest BCUT2D eigenvalue weighted by molar-refractivity contribution is -0.124. The van der Waals surface area contributed by atoms with Crippen molar-refractivity contribution in [3.05, 3.63) is 66.0 Å². The van der Waals surface area contributed by atoms with Crippen LogP contribution < -0.4 is 10.6 Å². The summed E-state index contributed by atoms with van der Waals surface area (Å²) in [6, 6.07) is 12.0. The van der Waals surface area contributed by atoms with Gasteiger partial charge in [-0.05, 0) is 36.8 Å². The zero-order valence-corrected chi connectivity index (χ0v) is 21.1. The molecule has 0 aliphatic carbocycles. The molecule has 1 aromatic carbocycles. The third kappa shape index (κ3) is 5.94. The number of aryl methyl sites for hydroxylation is 2. The number of hydrogen-bond donors (Lipinski definition) is 2. The van der Waals surface area contributed by atoms with Crippen LogP contribution >= 0.6 is 0 Å². The van der Waals surface area contributed by atoms with E-state index in [1.807, 2.05) is 41.0 Å². The summed E-state index contributed by atoms with van der Waals surface area (Å²) in [5, 5.41) is 6.99. The van der Waals surface area contributed by atoms with Crippen LogP contribution in [0.15, 0.2) is 54.7 Å². The van der Waals surface area contributed by atoms with Crippen molar-refractivity contribution < 1.29 is 19.1 Å². The van der Waals surface area contributed by atoms with E-state index in [4.69, 9.17) is 14.5 Å². The number of pyridine rings is 1. The van der Waals surface area contributed by atoms with E-state index in [2.05, 4.69) is 36.6 Å². The molecular formula is C28H34N4O4. The summed E-state index contributed by atoms with van der Waals surface area (Å²) in [7, 11) is 1.34. The third-order valence-electron chi connectivity index (χ3n) is 6.16. The van der Waals surface area contributed by atoms with Gasteiger partial charge in [-0.2, -0.15) is 0 Å². The Morgan fingerprint density at radius 2 is 2.08 bits per heavy atom. The molecular weight excluding hydrogens is 456 g/mol. The first-order valence-electron chi connectivity index (χ1n) is 12.5. The van der Waals surface area contributed by atoms with Gasteiger partial charge in [-0.1, -0.05) is 56.3 Å². The van der Waals surface area contributed by atoms with E-state index in [0.717, 1.165) is 17.7 Å². The molecule has 190 valence electrons. The minimum Gasteiger partial charge on any atom is -0.464 e. The number of anilines is 2. The quantitative estimate of drug-likeness (QED) is 0.313. The molecule has 0 bridgehead atoms. The molecule has 1 amide bonds. The van der Waals surface area contributed by atoms with Gasteiger partial charge in [0, 0.05) is 25.1 Å². The Morgan fingerprint density at radius 1 is 1.28 bits per heavy atom. The Bertz CT molecular complexity index is 1230. The normalized spacial score (nSPS) is 15.6. The Labute approximate surface area is 211 Å². The lowest BCUT2D eigenvalue weighted by atomic mass is 10.1. The van der Waals surface area contributed by atoms with Crippen LogP contribution in [0.25, 0.3) is 11.0 Å². The number of nitrogens with zero attached hydrogens (tertiary/aromatic N) is 2. The van der Waals surface area contributed by atoms with Crippen LogP contribution in [0.4, 0.5) is 11.4 Å². The highest BCUT2D eigenvalue weighted by Crippen LogP contribution is 2.33. The van der Waals surface area contributed by atoms with Crippen molar-refractivity contribution in [1.29, 1.82) is 0 Å². The van der Waals surface area contributed by atoms with Gasteiger partial charge in [0.2, 0.25) is 0 Å². The number of benzene rings is 1. The van der Waals surface area contributed by atoms with Gasteiger partial charge in [0.1, 0.15) is 11.8 Å². The molecule has 8 heteroatoms. The summed E-state index contributed by atoms with van der Waals surface area (Å²) in [6.07, 6.45) is 7.59. The number of esters is 1. The maximum atomic E-state index is 13.0. The summed E-state index contributed by atoms with van der Waals surface area (Å²) < 4.78 is 12.6. The van der Waals surface area contributed by atoms with Crippen molar-refractivity contribution in [2.24, 2.45) is 5.92 Å². The monoisotopic (exact) mass is 490 g/mol. The van der Waals surface area contributed by atoms with Crippen molar-refractivity contribution >= 4 is 34.3 Å². The van der Waals surface area contributed by atoms with Crippen LogP contribution in [0, 0.1) is 5.92 Å². The number of ether oxygens (including phenoxy) is 2. The summed E-state index contributed by atoms with van der Waals surface area (Å²) in [5.41, 5.74) is 3.21. The number of nitrogens with one attached hydrogen (secondary N) is 2. The van der Waals surface area contributed by atoms with E-state index >= 15 is 0 Å². The summed E-state index contributed by atoms with van der Waals surface area (Å²) in [4.78, 5) is 30.7. The van der Waals surface area contributed by atoms with Gasteiger partial charge in [-0.25, -0.2) is 9.78 Å². The average molecular weight is 491 g/mol. The molecule has 0 saturated carbocycles. The zero-order valence-electron chi connectivity index (χ0n) is 21.1. The maximum Gasteiger partial charge on any atom is 0.356 e. The predicted octanol–water partition coefficient (Wildman–Crippen LogP) is 4.81. The Balaban J connectivity index is 1.74. The molecule has 0 spiro atoms. The van der Waals surface area contributed by atoms with E-state index in [1.165, 1.54) is 7.11 Å². The van der Waals surface area contributed by atoms with Crippen molar-refractivity contribution in [3.8, 4) is 0 Å². The number of amides is 1. The summed E-state index contributed by atoms with van der Waals surface area (Å²) >= 11 is 0. The minimum atomic E-state index is -0.534. The first-order valence-corrected chi connectivity index (χ1v) is 12.5. The molecule has 1 fully saturated rings. The molecule has 1 aliphatic heterocycles. The number of carbonyl (C=O) groups excluding carboxylic acids is 2. The number of allylic oxidation sites excluding steroid dienone is 1. The highest BCUT2D eigenvalue weighted by Gasteiger charge is 2.30. The van der Waals surface area contributed by atoms with Crippen LogP contribution in [0.3, 0.4) is 0 Å². The number of fused-ring (bicyclic) bond motifs is 1. The van der Waals surface area contributed by atoms with Crippen LogP contribution in [0.1, 0.15) is 42.7 Å². The Kier molecular flexibility index (Phi) is 8.38. The number of aromatic nitrogens is 2. The second-order valence-electron chi connectivity index (χ2n) is 9.24. The molecule has 1 unspecified atom stereocenters. The van der Waals surface area contributed by atoms with Crippen LogP contribution in [0.5, 0.6) is 0 Å². The van der Waals surface area contributed by atoms with E-state index in [0.29, 0.717) is 55.2 Å². The predicted molar refractivity (Wildman–Crippen MR) is 141 cm³/mol. The molecule has 1 saturated heterocycles. The van der Waals surface area contributed by atoms with E-state index in [-0.39, 0.29) is 11.6 Å². The molecule has 1 aliphatic rings. The molecule has 3 aromatic rings. The highest BCUT2D eigenvalue weighted by molar-refractivity contribution is 6.12. The van der Waals surface area contributed by atoms with Crippen LogP contribution in [-0.4, -0.2) is 47.8 Å². The van der Waals surface area contributed by atoms with Crippen molar-refractivity contribution in [1.82, 2.24) is 9.55 Å². The smallest absolute Gasteiger partial charge is 0.356 e. The fourth-order valence-corrected chi connectivity index (χ4v) is 4.37. The topological polar surface area (TPSA) is 94.5 Å². The summed E-state index contributed by atoms with van der Waals surface area (Å²) in [6.45, 7) is 5.94. The average Bonchev–Trinajstić information content (AvgIpc) is 3.52. The first-order chi connectivity index (χ1) is 17.5. The SMILES string of the molecule is COC(=O)c1c(NC(=O)C2CCCO2)c2cc(NCC=CC(C)C)cnc2n1CCc1ccccc1. The molecule has 2 N–H and O–H groups in total. The summed E-state index contributed by atoms with van der Waals surface area (Å²) in [5.74, 6) is -0.329. The molecule has 36 heavy (non-hydrogen) atoms. The van der Waals surface area contributed by atoms with E-state index in [1.54, 1.807) is 6.20 Å². The number of methoxy groups -OCH3 is 1. The second-order valence-corrected chi connectivity index (χ2v) is 9.24. The van der Waals surface area contributed by atoms with Crippen molar-refractivity contribution in [2.75, 3.05) is 30.9 Å². The standard InChI is InChI=1S/C28H34N4O4/c1-19(2)9-7-14-29-21-17-22-24(31-27(33)23-12-8-16-36-23)25(28(34)35-3)32(26(22)30-18-21)15-13-20-10-5-4-6-11-20/h4-7,9-11,17-19,23,29H,8,12-16H2,1-3H3,(H,31,33). The van der Waals surface area contributed by atoms with Gasteiger partial charge in [0.05, 0.1) is 24.7 Å². The number of carbonyl (C=O) groups is 2. The number of rotatable bonds is 10. The third-order valence-corrected chi connectivity index (χ3v) is 6.16. The second kappa shape index (κ2) is 11.9. The minimum absolute atomic E-state index is 0.266. The Morgan fingerprint density at radius 3 is 2.78 bits per heavy atom. The van der Waals surface area contributed by atoms with Crippen LogP contribution in [0.2, 0.25) is 0 Å². The van der Waals surface area contributed by atoms with Gasteiger partial charge in [0.15, 0.2) is 5.69 Å². The molecule has 8 nitrogen and oxygen atoms in total. The molecule has 4 rings (SSSR count). The Hall–Kier alpha value is -3.65. The van der Waals surface area contributed by atoms with Gasteiger partial charge >= 0.3 is 5.97 Å². The first kappa shape index (κ1) is 25.4. The van der Waals surface area contributed by atoms with Crippen molar-refractivity contribution in [3.63, 3.8) is 0 Å². The fourth-order valence-electron chi connectivity index (χ4n) is 4.37. The molecule has 0 radical (unpaired) electrons. The fraction of sp³-hybridized carbons (Fsp3) is 0.393. The van der Waals surface area contributed by atoms with Gasteiger partial charge in [-0.15, -0.1) is 0 Å².